The summed E-state index contributed by atoms with van der Waals surface area (Å²) in [5.41, 5.74) is -0.724. The highest BCUT2D eigenvalue weighted by molar-refractivity contribution is 6.27. The number of carbonyl (C=O) groups excluding carboxylic acids is 1. The van der Waals surface area contributed by atoms with Crippen LogP contribution < -0.4 is 5.32 Å². The summed E-state index contributed by atoms with van der Waals surface area (Å²) in [6.07, 6.45) is -4.41. The number of hydrogen-bond donors (Lipinski definition) is 1. The van der Waals surface area contributed by atoms with Crippen molar-refractivity contribution in [3.05, 3.63) is 35.4 Å². The maximum absolute atomic E-state index is 12.5. The monoisotopic (exact) mass is 251 g/mol. The van der Waals surface area contributed by atoms with Crippen LogP contribution in [-0.2, 0) is 17.5 Å². The van der Waals surface area contributed by atoms with Gasteiger partial charge in [0.1, 0.15) is 5.88 Å². The van der Waals surface area contributed by atoms with E-state index in [2.05, 4.69) is 5.32 Å². The van der Waals surface area contributed by atoms with E-state index in [1.54, 1.807) is 0 Å². The molecule has 0 heterocycles. The molecule has 0 saturated heterocycles. The summed E-state index contributed by atoms with van der Waals surface area (Å²) >= 11 is 5.21. The summed E-state index contributed by atoms with van der Waals surface area (Å²) in [6.45, 7) is -0.179. The molecule has 6 heteroatoms. The number of halogens is 4. The van der Waals surface area contributed by atoms with Gasteiger partial charge < -0.3 is 5.32 Å². The highest BCUT2D eigenvalue weighted by Gasteiger charge is 2.32. The van der Waals surface area contributed by atoms with Gasteiger partial charge in [0.2, 0.25) is 5.91 Å². The summed E-state index contributed by atoms with van der Waals surface area (Å²) in [6, 6.07) is 5.08. The topological polar surface area (TPSA) is 29.1 Å². The predicted octanol–water partition coefficient (Wildman–Crippen LogP) is 2.56. The molecule has 0 radical (unpaired) electrons. The van der Waals surface area contributed by atoms with E-state index in [4.69, 9.17) is 11.6 Å². The minimum absolute atomic E-state index is 0.0217. The third-order valence-corrected chi connectivity index (χ3v) is 2.16. The standard InChI is InChI=1S/C10H9ClF3NO/c11-5-9(16)15-6-7-3-1-2-4-8(7)10(12,13)14/h1-4H,5-6H2,(H,15,16). The molecule has 1 aromatic rings. The summed E-state index contributed by atoms with van der Waals surface area (Å²) < 4.78 is 37.5. The van der Waals surface area contributed by atoms with Crippen LogP contribution in [0.1, 0.15) is 11.1 Å². The van der Waals surface area contributed by atoms with Gasteiger partial charge >= 0.3 is 6.18 Å². The Morgan fingerprint density at radius 3 is 2.50 bits per heavy atom. The van der Waals surface area contributed by atoms with Crippen LogP contribution in [0.2, 0.25) is 0 Å². The second kappa shape index (κ2) is 5.21. The Bertz CT molecular complexity index is 379. The molecule has 0 bridgehead atoms. The van der Waals surface area contributed by atoms with Crippen molar-refractivity contribution >= 4 is 17.5 Å². The first-order valence-electron chi connectivity index (χ1n) is 4.43. The Hall–Kier alpha value is -1.23. The number of benzene rings is 1. The molecule has 0 aliphatic carbocycles. The van der Waals surface area contributed by atoms with E-state index in [0.717, 1.165) is 6.07 Å². The molecular formula is C10H9ClF3NO. The molecule has 0 atom stereocenters. The minimum Gasteiger partial charge on any atom is -0.351 e. The largest absolute Gasteiger partial charge is 0.416 e. The fourth-order valence-electron chi connectivity index (χ4n) is 1.19. The average molecular weight is 252 g/mol. The number of rotatable bonds is 3. The fourth-order valence-corrected chi connectivity index (χ4v) is 1.29. The molecule has 1 amide bonds. The zero-order chi connectivity index (χ0) is 12.2. The fraction of sp³-hybridized carbons (Fsp3) is 0.300. The van der Waals surface area contributed by atoms with Crippen LogP contribution in [0.25, 0.3) is 0 Å². The molecule has 0 aliphatic rings. The number of nitrogens with one attached hydrogen (secondary N) is 1. The highest BCUT2D eigenvalue weighted by Crippen LogP contribution is 2.31. The second-order valence-electron chi connectivity index (χ2n) is 3.07. The molecule has 0 spiro atoms. The molecule has 0 aromatic heterocycles. The first-order chi connectivity index (χ1) is 7.45. The zero-order valence-electron chi connectivity index (χ0n) is 8.14. The van der Waals surface area contributed by atoms with Gasteiger partial charge in [-0.15, -0.1) is 11.6 Å². The summed E-state index contributed by atoms with van der Waals surface area (Å²) in [5.74, 6) is -0.771. The lowest BCUT2D eigenvalue weighted by molar-refractivity contribution is -0.138. The Morgan fingerprint density at radius 1 is 1.31 bits per heavy atom. The quantitative estimate of drug-likeness (QED) is 0.822. The van der Waals surface area contributed by atoms with Gasteiger partial charge in [0.25, 0.3) is 0 Å². The first-order valence-corrected chi connectivity index (χ1v) is 4.96. The van der Waals surface area contributed by atoms with E-state index < -0.39 is 17.6 Å². The summed E-state index contributed by atoms with van der Waals surface area (Å²) in [5, 5.41) is 2.29. The maximum atomic E-state index is 12.5. The van der Waals surface area contributed by atoms with Gasteiger partial charge in [0, 0.05) is 6.54 Å². The van der Waals surface area contributed by atoms with Crippen LogP contribution >= 0.6 is 11.6 Å². The van der Waals surface area contributed by atoms with E-state index in [1.165, 1.54) is 18.2 Å². The van der Waals surface area contributed by atoms with Gasteiger partial charge in [-0.05, 0) is 11.6 Å². The molecule has 88 valence electrons. The average Bonchev–Trinajstić information content (AvgIpc) is 2.25. The maximum Gasteiger partial charge on any atom is 0.416 e. The van der Waals surface area contributed by atoms with Crippen molar-refractivity contribution in [1.82, 2.24) is 5.32 Å². The van der Waals surface area contributed by atoms with Gasteiger partial charge in [-0.25, -0.2) is 0 Å². The smallest absolute Gasteiger partial charge is 0.351 e. The first kappa shape index (κ1) is 12.8. The van der Waals surface area contributed by atoms with Crippen LogP contribution in [0.5, 0.6) is 0 Å². The van der Waals surface area contributed by atoms with Gasteiger partial charge in [-0.1, -0.05) is 18.2 Å². The third kappa shape index (κ3) is 3.41. The van der Waals surface area contributed by atoms with Crippen LogP contribution in [0.15, 0.2) is 24.3 Å². The molecule has 1 rings (SSSR count). The Kier molecular flexibility index (Phi) is 4.18. The van der Waals surface area contributed by atoms with E-state index >= 15 is 0 Å². The van der Waals surface area contributed by atoms with Crippen molar-refractivity contribution in [2.45, 2.75) is 12.7 Å². The molecule has 1 N–H and O–H groups in total. The minimum atomic E-state index is -4.41. The second-order valence-corrected chi connectivity index (χ2v) is 3.33. The molecule has 0 fully saturated rings. The number of carbonyl (C=O) groups is 1. The molecule has 1 aromatic carbocycles. The van der Waals surface area contributed by atoms with Crippen LogP contribution in [0.4, 0.5) is 13.2 Å². The Morgan fingerprint density at radius 2 is 1.94 bits per heavy atom. The van der Waals surface area contributed by atoms with Crippen molar-refractivity contribution in [3.8, 4) is 0 Å². The molecule has 0 unspecified atom stereocenters. The number of hydrogen-bond acceptors (Lipinski definition) is 1. The Balaban J connectivity index is 2.84. The van der Waals surface area contributed by atoms with Crippen molar-refractivity contribution in [3.63, 3.8) is 0 Å². The molecule has 2 nitrogen and oxygen atoms in total. The van der Waals surface area contributed by atoms with E-state index in [-0.39, 0.29) is 18.0 Å². The van der Waals surface area contributed by atoms with E-state index in [0.29, 0.717) is 0 Å². The SMILES string of the molecule is O=C(CCl)NCc1ccccc1C(F)(F)F. The normalized spacial score (nSPS) is 11.2. The van der Waals surface area contributed by atoms with Crippen LogP contribution in [-0.4, -0.2) is 11.8 Å². The van der Waals surface area contributed by atoms with Crippen molar-refractivity contribution in [2.75, 3.05) is 5.88 Å². The Labute approximate surface area is 95.4 Å². The van der Waals surface area contributed by atoms with Crippen molar-refractivity contribution < 1.29 is 18.0 Å². The molecule has 16 heavy (non-hydrogen) atoms. The van der Waals surface area contributed by atoms with Crippen LogP contribution in [0.3, 0.4) is 0 Å². The molecule has 0 aliphatic heterocycles. The molecule has 0 saturated carbocycles. The summed E-state index contributed by atoms with van der Waals surface area (Å²) in [7, 11) is 0. The van der Waals surface area contributed by atoms with E-state index in [1.807, 2.05) is 0 Å². The lowest BCUT2D eigenvalue weighted by Gasteiger charge is -2.12. The number of amides is 1. The lowest BCUT2D eigenvalue weighted by atomic mass is 10.1. The van der Waals surface area contributed by atoms with Gasteiger partial charge in [-0.2, -0.15) is 13.2 Å². The van der Waals surface area contributed by atoms with E-state index in [9.17, 15) is 18.0 Å². The zero-order valence-corrected chi connectivity index (χ0v) is 8.90. The van der Waals surface area contributed by atoms with Gasteiger partial charge in [0.15, 0.2) is 0 Å². The predicted molar refractivity (Wildman–Crippen MR) is 54.0 cm³/mol. The van der Waals surface area contributed by atoms with Crippen LogP contribution in [0, 0.1) is 0 Å². The van der Waals surface area contributed by atoms with Crippen molar-refractivity contribution in [2.24, 2.45) is 0 Å². The van der Waals surface area contributed by atoms with Gasteiger partial charge in [0.05, 0.1) is 5.56 Å². The lowest BCUT2D eigenvalue weighted by Crippen LogP contribution is -2.25. The van der Waals surface area contributed by atoms with Gasteiger partial charge in [-0.3, -0.25) is 4.79 Å². The molecular weight excluding hydrogens is 243 g/mol. The summed E-state index contributed by atoms with van der Waals surface area (Å²) in [4.78, 5) is 10.8. The highest BCUT2D eigenvalue weighted by atomic mass is 35.5. The van der Waals surface area contributed by atoms with Crippen molar-refractivity contribution in [1.29, 1.82) is 0 Å². The third-order valence-electron chi connectivity index (χ3n) is 1.92. The number of alkyl halides is 4.